The highest BCUT2D eigenvalue weighted by atomic mass is 35.5. The smallest absolute Gasteiger partial charge is 0.286 e. The summed E-state index contributed by atoms with van der Waals surface area (Å²) in [5, 5.41) is 11.5. The van der Waals surface area contributed by atoms with Gasteiger partial charge in [-0.25, -0.2) is 12.8 Å². The van der Waals surface area contributed by atoms with Crippen LogP contribution in [0.25, 0.3) is 0 Å². The number of halogens is 2. The van der Waals surface area contributed by atoms with Crippen LogP contribution in [0.2, 0.25) is 5.02 Å². The summed E-state index contributed by atoms with van der Waals surface area (Å²) in [5.41, 5.74) is 1.74. The van der Waals surface area contributed by atoms with E-state index in [9.17, 15) is 17.6 Å². The standard InChI is InChI=1S/C21H20ClFN4O3S2/c1-13-4-6-15(7-5-13)24-19(28)21-26-25-20(31-21)14-3-2-10-27(12-14)32(29,30)16-8-9-18(23)17(22)11-16/h4-9,11,14H,2-3,10,12H2,1H3,(H,24,28). The zero-order valence-corrected chi connectivity index (χ0v) is 19.5. The highest BCUT2D eigenvalue weighted by Gasteiger charge is 2.33. The number of hydrogen-bond acceptors (Lipinski definition) is 6. The Morgan fingerprint density at radius 1 is 1.22 bits per heavy atom. The van der Waals surface area contributed by atoms with E-state index in [1.165, 1.54) is 10.4 Å². The number of anilines is 1. The Bertz CT molecular complexity index is 1250. The monoisotopic (exact) mass is 494 g/mol. The van der Waals surface area contributed by atoms with Crippen LogP contribution >= 0.6 is 22.9 Å². The molecule has 1 aliphatic heterocycles. The van der Waals surface area contributed by atoms with Crippen LogP contribution in [0.4, 0.5) is 10.1 Å². The van der Waals surface area contributed by atoms with E-state index in [0.717, 1.165) is 35.5 Å². The number of aryl methyl sites for hydroxylation is 1. The van der Waals surface area contributed by atoms with E-state index in [1.54, 1.807) is 12.1 Å². The summed E-state index contributed by atoms with van der Waals surface area (Å²) in [5.74, 6) is -1.22. The van der Waals surface area contributed by atoms with E-state index >= 15 is 0 Å². The summed E-state index contributed by atoms with van der Waals surface area (Å²) in [4.78, 5) is 12.5. The molecule has 0 saturated carbocycles. The second kappa shape index (κ2) is 9.22. The van der Waals surface area contributed by atoms with Gasteiger partial charge in [0.25, 0.3) is 5.91 Å². The van der Waals surface area contributed by atoms with Gasteiger partial charge in [-0.3, -0.25) is 4.79 Å². The number of amides is 1. The van der Waals surface area contributed by atoms with E-state index in [4.69, 9.17) is 11.6 Å². The van der Waals surface area contributed by atoms with Gasteiger partial charge >= 0.3 is 0 Å². The average Bonchev–Trinajstić information content (AvgIpc) is 3.28. The van der Waals surface area contributed by atoms with Crippen LogP contribution in [-0.2, 0) is 10.0 Å². The summed E-state index contributed by atoms with van der Waals surface area (Å²) < 4.78 is 40.8. The van der Waals surface area contributed by atoms with Crippen molar-refractivity contribution in [1.29, 1.82) is 0 Å². The zero-order chi connectivity index (χ0) is 22.9. The molecule has 0 aliphatic carbocycles. The average molecular weight is 495 g/mol. The zero-order valence-electron chi connectivity index (χ0n) is 17.1. The van der Waals surface area contributed by atoms with Crippen molar-refractivity contribution in [3.8, 4) is 0 Å². The minimum absolute atomic E-state index is 0.0556. The lowest BCUT2D eigenvalue weighted by atomic mass is 10.0. The number of nitrogens with one attached hydrogen (secondary N) is 1. The van der Waals surface area contributed by atoms with E-state index < -0.39 is 15.8 Å². The third-order valence-corrected chi connectivity index (χ3v) is 8.44. The van der Waals surface area contributed by atoms with E-state index in [2.05, 4.69) is 15.5 Å². The summed E-state index contributed by atoms with van der Waals surface area (Å²) in [6, 6.07) is 10.8. The van der Waals surface area contributed by atoms with Crippen molar-refractivity contribution < 1.29 is 17.6 Å². The van der Waals surface area contributed by atoms with Gasteiger partial charge in [0.05, 0.1) is 9.92 Å². The van der Waals surface area contributed by atoms with Crippen molar-refractivity contribution in [2.45, 2.75) is 30.6 Å². The largest absolute Gasteiger partial charge is 0.320 e. The SMILES string of the molecule is Cc1ccc(NC(=O)c2nnc(C3CCCN(S(=O)(=O)c4ccc(F)c(Cl)c4)C3)s2)cc1. The number of hydrogen-bond donors (Lipinski definition) is 1. The second-order valence-electron chi connectivity index (χ2n) is 7.54. The van der Waals surface area contributed by atoms with Crippen molar-refractivity contribution in [3.05, 3.63) is 68.9 Å². The lowest BCUT2D eigenvalue weighted by Gasteiger charge is -2.30. The molecule has 1 aliphatic rings. The molecule has 0 radical (unpaired) electrons. The van der Waals surface area contributed by atoms with Crippen LogP contribution in [0.1, 0.15) is 39.1 Å². The van der Waals surface area contributed by atoms with Crippen molar-refractivity contribution in [1.82, 2.24) is 14.5 Å². The Labute approximate surface area is 194 Å². The molecule has 1 aromatic heterocycles. The Morgan fingerprint density at radius 2 is 1.97 bits per heavy atom. The highest BCUT2D eigenvalue weighted by Crippen LogP contribution is 2.32. The third kappa shape index (κ3) is 4.83. The van der Waals surface area contributed by atoms with Gasteiger partial charge in [-0.15, -0.1) is 10.2 Å². The minimum Gasteiger partial charge on any atom is -0.320 e. The fraction of sp³-hybridized carbons (Fsp3) is 0.286. The molecule has 1 unspecified atom stereocenters. The Kier molecular flexibility index (Phi) is 6.57. The first-order valence-electron chi connectivity index (χ1n) is 9.90. The number of carbonyl (C=O) groups is 1. The third-order valence-electron chi connectivity index (χ3n) is 5.21. The molecule has 1 atom stereocenters. The summed E-state index contributed by atoms with van der Waals surface area (Å²) >= 11 is 6.93. The molecule has 3 aromatic rings. The molecule has 11 heteroatoms. The highest BCUT2D eigenvalue weighted by molar-refractivity contribution is 7.89. The van der Waals surface area contributed by atoms with Gasteiger partial charge in [-0.2, -0.15) is 4.31 Å². The van der Waals surface area contributed by atoms with Crippen LogP contribution in [0.5, 0.6) is 0 Å². The second-order valence-corrected chi connectivity index (χ2v) is 10.9. The van der Waals surface area contributed by atoms with Crippen molar-refractivity contribution >= 4 is 44.6 Å². The molecular formula is C21H20ClFN4O3S2. The van der Waals surface area contributed by atoms with E-state index in [1.807, 2.05) is 19.1 Å². The summed E-state index contributed by atoms with van der Waals surface area (Å²) in [6.07, 6.45) is 1.35. The first kappa shape index (κ1) is 22.8. The van der Waals surface area contributed by atoms with Gasteiger partial charge in [0.2, 0.25) is 15.0 Å². The van der Waals surface area contributed by atoms with Crippen LogP contribution in [0, 0.1) is 12.7 Å². The molecule has 1 N–H and O–H groups in total. The molecular weight excluding hydrogens is 475 g/mol. The van der Waals surface area contributed by atoms with Crippen molar-refractivity contribution in [3.63, 3.8) is 0 Å². The minimum atomic E-state index is -3.84. The molecule has 4 rings (SSSR count). The number of nitrogens with zero attached hydrogens (tertiary/aromatic N) is 3. The molecule has 0 spiro atoms. The maximum absolute atomic E-state index is 13.4. The Hall–Kier alpha value is -2.40. The van der Waals surface area contributed by atoms with Crippen LogP contribution < -0.4 is 5.32 Å². The lowest BCUT2D eigenvalue weighted by molar-refractivity contribution is 0.102. The Balaban J connectivity index is 1.48. The normalized spacial score (nSPS) is 17.3. The van der Waals surface area contributed by atoms with E-state index in [0.29, 0.717) is 23.7 Å². The maximum atomic E-state index is 13.4. The lowest BCUT2D eigenvalue weighted by Crippen LogP contribution is -2.39. The molecule has 7 nitrogen and oxygen atoms in total. The van der Waals surface area contributed by atoms with Gasteiger partial charge in [0.15, 0.2) is 0 Å². The molecule has 2 heterocycles. The number of carbonyl (C=O) groups excluding carboxylic acids is 1. The first-order chi connectivity index (χ1) is 15.2. The van der Waals surface area contributed by atoms with Crippen LogP contribution in [-0.4, -0.2) is 41.9 Å². The van der Waals surface area contributed by atoms with Gasteiger partial charge in [-0.1, -0.05) is 40.6 Å². The number of aromatic nitrogens is 2. The molecule has 1 saturated heterocycles. The van der Waals surface area contributed by atoms with Crippen LogP contribution in [0.15, 0.2) is 47.4 Å². The van der Waals surface area contributed by atoms with E-state index in [-0.39, 0.29) is 33.3 Å². The molecule has 2 aromatic carbocycles. The molecule has 32 heavy (non-hydrogen) atoms. The molecule has 1 amide bonds. The maximum Gasteiger partial charge on any atom is 0.286 e. The summed E-state index contributed by atoms with van der Waals surface area (Å²) in [7, 11) is -3.84. The first-order valence-corrected chi connectivity index (χ1v) is 12.5. The number of benzene rings is 2. The number of sulfonamides is 1. The Morgan fingerprint density at radius 3 is 2.69 bits per heavy atom. The fourth-order valence-corrected chi connectivity index (χ4v) is 6.12. The quantitative estimate of drug-likeness (QED) is 0.565. The summed E-state index contributed by atoms with van der Waals surface area (Å²) in [6.45, 7) is 2.50. The molecule has 0 bridgehead atoms. The number of piperidine rings is 1. The molecule has 1 fully saturated rings. The number of rotatable bonds is 5. The molecule has 168 valence electrons. The predicted octanol–water partition coefficient (Wildman–Crippen LogP) is 4.46. The van der Waals surface area contributed by atoms with Gasteiger partial charge in [-0.05, 0) is 50.1 Å². The van der Waals surface area contributed by atoms with Crippen molar-refractivity contribution in [2.75, 3.05) is 18.4 Å². The van der Waals surface area contributed by atoms with Gasteiger partial charge in [0.1, 0.15) is 10.8 Å². The predicted molar refractivity (Wildman–Crippen MR) is 121 cm³/mol. The van der Waals surface area contributed by atoms with Crippen LogP contribution in [0.3, 0.4) is 0 Å². The van der Waals surface area contributed by atoms with Gasteiger partial charge in [0, 0.05) is 24.7 Å². The van der Waals surface area contributed by atoms with Gasteiger partial charge < -0.3 is 5.32 Å². The fourth-order valence-electron chi connectivity index (χ4n) is 3.46. The topological polar surface area (TPSA) is 92.3 Å². The van der Waals surface area contributed by atoms with Crippen molar-refractivity contribution in [2.24, 2.45) is 0 Å².